The number of esters is 1. The van der Waals surface area contributed by atoms with Crippen LogP contribution in [0.15, 0.2) is 49.6 Å². The summed E-state index contributed by atoms with van der Waals surface area (Å²) < 4.78 is 43.4. The first-order valence-corrected chi connectivity index (χ1v) is 10.6. The van der Waals surface area contributed by atoms with Crippen molar-refractivity contribution in [1.29, 1.82) is 0 Å². The highest BCUT2D eigenvalue weighted by Gasteiger charge is 2.28. The molecule has 1 N–H and O–H groups in total. The van der Waals surface area contributed by atoms with Crippen LogP contribution in [0, 0.1) is 6.92 Å². The summed E-state index contributed by atoms with van der Waals surface area (Å²) in [6.45, 7) is 1.64. The first kappa shape index (κ1) is 19.4. The van der Waals surface area contributed by atoms with Gasteiger partial charge >= 0.3 is 5.97 Å². The van der Waals surface area contributed by atoms with E-state index >= 15 is 0 Å². The molecule has 0 spiro atoms. The van der Waals surface area contributed by atoms with Crippen molar-refractivity contribution < 1.29 is 27.2 Å². The van der Waals surface area contributed by atoms with Crippen molar-refractivity contribution >= 4 is 49.1 Å². The van der Waals surface area contributed by atoms with E-state index in [1.807, 2.05) is 0 Å². The second-order valence-corrected chi connectivity index (χ2v) is 8.53. The lowest BCUT2D eigenvalue weighted by atomic mass is 10.3. The number of nitrogens with one attached hydrogen (secondary N) is 1. The topological polar surface area (TPSA) is 108 Å². The van der Waals surface area contributed by atoms with Crippen LogP contribution in [0.25, 0.3) is 0 Å². The number of carbonyl (C=O) groups is 1. The number of aryl methyl sites for hydroxylation is 1. The zero-order chi connectivity index (χ0) is 19.6. The SMILES string of the molecule is COc1ccccc1OC(=O)c1sccc1S(=O)(=O)Nc1onc(C)c1Br. The Bertz CT molecular complexity index is 1090. The highest BCUT2D eigenvalue weighted by atomic mass is 79.9. The summed E-state index contributed by atoms with van der Waals surface area (Å²) in [5, 5.41) is 5.14. The fourth-order valence-corrected chi connectivity index (χ4v) is 4.77. The normalized spacial score (nSPS) is 11.2. The Balaban J connectivity index is 1.88. The number of para-hydroxylation sites is 2. The summed E-state index contributed by atoms with van der Waals surface area (Å²) in [5.74, 6) is -0.361. The quantitative estimate of drug-likeness (QED) is 0.428. The van der Waals surface area contributed by atoms with Crippen LogP contribution >= 0.6 is 27.3 Å². The van der Waals surface area contributed by atoms with Crippen LogP contribution in [0.4, 0.5) is 5.88 Å². The molecule has 3 aromatic rings. The lowest BCUT2D eigenvalue weighted by Crippen LogP contribution is -2.17. The van der Waals surface area contributed by atoms with Crippen molar-refractivity contribution in [3.63, 3.8) is 0 Å². The molecule has 1 aromatic carbocycles. The highest BCUT2D eigenvalue weighted by molar-refractivity contribution is 9.10. The smallest absolute Gasteiger partial charge is 0.355 e. The van der Waals surface area contributed by atoms with Gasteiger partial charge < -0.3 is 14.0 Å². The van der Waals surface area contributed by atoms with Gasteiger partial charge in [-0.05, 0) is 46.4 Å². The number of ether oxygens (including phenoxy) is 2. The third-order valence-electron chi connectivity index (χ3n) is 3.39. The summed E-state index contributed by atoms with van der Waals surface area (Å²) >= 11 is 4.13. The van der Waals surface area contributed by atoms with Crippen molar-refractivity contribution in [2.24, 2.45) is 0 Å². The van der Waals surface area contributed by atoms with Crippen LogP contribution in [0.5, 0.6) is 11.5 Å². The van der Waals surface area contributed by atoms with Gasteiger partial charge in [0.25, 0.3) is 15.9 Å². The monoisotopic (exact) mass is 472 g/mol. The van der Waals surface area contributed by atoms with E-state index in [9.17, 15) is 13.2 Å². The second-order valence-electron chi connectivity index (χ2n) is 5.17. The molecule has 0 radical (unpaired) electrons. The molecule has 0 amide bonds. The minimum absolute atomic E-state index is 0.0808. The number of methoxy groups -OCH3 is 1. The Morgan fingerprint density at radius 2 is 1.96 bits per heavy atom. The molecule has 2 heterocycles. The van der Waals surface area contributed by atoms with E-state index in [2.05, 4.69) is 25.8 Å². The van der Waals surface area contributed by atoms with Crippen molar-refractivity contribution in [2.45, 2.75) is 11.8 Å². The summed E-state index contributed by atoms with van der Waals surface area (Å²) in [6.07, 6.45) is 0. The average Bonchev–Trinajstić information content (AvgIpc) is 3.25. The minimum Gasteiger partial charge on any atom is -0.493 e. The summed E-state index contributed by atoms with van der Waals surface area (Å²) in [6, 6.07) is 7.87. The molecule has 8 nitrogen and oxygen atoms in total. The number of sulfonamides is 1. The van der Waals surface area contributed by atoms with E-state index in [1.54, 1.807) is 31.2 Å². The number of thiophene rings is 1. The van der Waals surface area contributed by atoms with Crippen molar-refractivity contribution in [3.8, 4) is 11.5 Å². The van der Waals surface area contributed by atoms with E-state index in [0.717, 1.165) is 11.3 Å². The number of hydrogen-bond acceptors (Lipinski definition) is 8. The Morgan fingerprint density at radius 1 is 1.26 bits per heavy atom. The number of aromatic nitrogens is 1. The third kappa shape index (κ3) is 3.99. The standard InChI is InChI=1S/C16H13BrN2O6S2/c1-9-13(17)15(25-18-9)19-27(21,22)12-7-8-26-14(12)16(20)24-11-6-4-3-5-10(11)23-2/h3-8,19H,1-2H3. The van der Waals surface area contributed by atoms with E-state index < -0.39 is 16.0 Å². The van der Waals surface area contributed by atoms with Gasteiger partial charge in [-0.3, -0.25) is 0 Å². The van der Waals surface area contributed by atoms with E-state index in [-0.39, 0.29) is 21.4 Å². The molecule has 0 fully saturated rings. The number of benzene rings is 1. The second kappa shape index (κ2) is 7.71. The van der Waals surface area contributed by atoms with E-state index in [0.29, 0.717) is 15.9 Å². The first-order chi connectivity index (χ1) is 12.8. The van der Waals surface area contributed by atoms with Crippen molar-refractivity contribution in [1.82, 2.24) is 5.16 Å². The number of halogens is 1. The molecule has 0 saturated carbocycles. The number of hydrogen-bond donors (Lipinski definition) is 1. The number of nitrogens with zero attached hydrogens (tertiary/aromatic N) is 1. The number of carbonyl (C=O) groups excluding carboxylic acids is 1. The summed E-state index contributed by atoms with van der Waals surface area (Å²) in [5.41, 5.74) is 0.480. The van der Waals surface area contributed by atoms with Crippen LogP contribution in [0.3, 0.4) is 0 Å². The van der Waals surface area contributed by atoms with Gasteiger partial charge in [0.1, 0.15) is 14.2 Å². The van der Waals surface area contributed by atoms with Gasteiger partial charge in [-0.25, -0.2) is 17.9 Å². The molecule has 0 aliphatic heterocycles. The van der Waals surface area contributed by atoms with Gasteiger partial charge in [0.2, 0.25) is 0 Å². The van der Waals surface area contributed by atoms with Crippen LogP contribution in [0.1, 0.15) is 15.4 Å². The lowest BCUT2D eigenvalue weighted by molar-refractivity contribution is 0.0731. The van der Waals surface area contributed by atoms with Crippen LogP contribution in [0.2, 0.25) is 0 Å². The van der Waals surface area contributed by atoms with Crippen LogP contribution in [-0.4, -0.2) is 26.7 Å². The molecule has 27 heavy (non-hydrogen) atoms. The third-order valence-corrected chi connectivity index (χ3v) is 6.72. The molecule has 0 aliphatic rings. The molecule has 11 heteroatoms. The molecule has 142 valence electrons. The lowest BCUT2D eigenvalue weighted by Gasteiger charge is -2.09. The fraction of sp³-hybridized carbons (Fsp3) is 0.125. The van der Waals surface area contributed by atoms with Crippen LogP contribution < -0.4 is 14.2 Å². The Labute approximate surface area is 167 Å². The molecule has 0 unspecified atom stereocenters. The van der Waals surface area contributed by atoms with Gasteiger partial charge in [-0.15, -0.1) is 11.3 Å². The molecular weight excluding hydrogens is 460 g/mol. The van der Waals surface area contributed by atoms with E-state index in [1.165, 1.54) is 18.6 Å². The maximum Gasteiger partial charge on any atom is 0.355 e. The minimum atomic E-state index is -4.10. The maximum atomic E-state index is 12.7. The maximum absolute atomic E-state index is 12.7. The fourth-order valence-electron chi connectivity index (χ4n) is 2.11. The Kier molecular flexibility index (Phi) is 5.53. The molecular formula is C16H13BrN2O6S2. The molecule has 0 atom stereocenters. The van der Waals surface area contributed by atoms with Crippen molar-refractivity contribution in [3.05, 3.63) is 50.8 Å². The molecule has 0 bridgehead atoms. The predicted molar refractivity (Wildman–Crippen MR) is 102 cm³/mol. The van der Waals surface area contributed by atoms with Crippen LogP contribution in [-0.2, 0) is 10.0 Å². The van der Waals surface area contributed by atoms with Gasteiger partial charge in [-0.2, -0.15) is 0 Å². The molecule has 2 aromatic heterocycles. The van der Waals surface area contributed by atoms with Crippen molar-refractivity contribution in [2.75, 3.05) is 11.8 Å². The highest BCUT2D eigenvalue weighted by Crippen LogP contribution is 2.32. The molecule has 0 aliphatic carbocycles. The molecule has 0 saturated heterocycles. The largest absolute Gasteiger partial charge is 0.493 e. The number of anilines is 1. The van der Waals surface area contributed by atoms with Gasteiger partial charge in [0.05, 0.1) is 12.8 Å². The first-order valence-electron chi connectivity index (χ1n) is 7.40. The Hall–Kier alpha value is -2.37. The molecule has 3 rings (SSSR count). The predicted octanol–water partition coefficient (Wildman–Crippen LogP) is 3.84. The summed E-state index contributed by atoms with van der Waals surface area (Å²) in [7, 11) is -2.66. The van der Waals surface area contributed by atoms with Gasteiger partial charge in [0, 0.05) is 0 Å². The zero-order valence-electron chi connectivity index (χ0n) is 14.1. The Morgan fingerprint density at radius 3 is 2.59 bits per heavy atom. The van der Waals surface area contributed by atoms with E-state index in [4.69, 9.17) is 14.0 Å². The zero-order valence-corrected chi connectivity index (χ0v) is 17.3. The van der Waals surface area contributed by atoms with Gasteiger partial charge in [-0.1, -0.05) is 17.3 Å². The number of rotatable bonds is 6. The van der Waals surface area contributed by atoms with Gasteiger partial charge in [0.15, 0.2) is 11.5 Å². The summed E-state index contributed by atoms with van der Waals surface area (Å²) in [4.78, 5) is 12.2. The average molecular weight is 473 g/mol.